The van der Waals surface area contributed by atoms with Gasteiger partial charge in [-0.25, -0.2) is 4.99 Å². The van der Waals surface area contributed by atoms with Crippen molar-refractivity contribution >= 4 is 16.8 Å². The fraction of sp³-hybridized carbons (Fsp3) is 0.182. The van der Waals surface area contributed by atoms with Crippen LogP contribution < -0.4 is 0 Å². The Kier molecular flexibility index (Phi) is 3.77. The Morgan fingerprint density at radius 2 is 2.00 bits per heavy atom. The number of rotatable bonds is 2. The molecule has 13 heavy (non-hydrogen) atoms. The van der Waals surface area contributed by atoms with Gasteiger partial charge in [0.2, 0.25) is 0 Å². The van der Waals surface area contributed by atoms with Gasteiger partial charge < -0.3 is 0 Å². The molecule has 0 unspecified atom stereocenters. The van der Waals surface area contributed by atoms with Gasteiger partial charge in [0.25, 0.3) is 0 Å². The molecule has 1 aromatic rings. The molecule has 0 saturated carbocycles. The second-order valence-corrected chi connectivity index (χ2v) is 3.48. The number of aliphatic imine (C=N–C) groups is 1. The Hall–Kier alpha value is -1.02. The van der Waals surface area contributed by atoms with Gasteiger partial charge in [0, 0.05) is 11.8 Å². The van der Waals surface area contributed by atoms with Crippen molar-refractivity contribution < 1.29 is 0 Å². The van der Waals surface area contributed by atoms with Gasteiger partial charge in [-0.1, -0.05) is 36.4 Å². The van der Waals surface area contributed by atoms with E-state index in [4.69, 9.17) is 0 Å². The Morgan fingerprint density at radius 3 is 2.46 bits per heavy atom. The zero-order valence-corrected chi connectivity index (χ0v) is 8.77. The summed E-state index contributed by atoms with van der Waals surface area (Å²) in [5.74, 6) is 0. The lowest BCUT2D eigenvalue weighted by Crippen LogP contribution is -1.93. The molecule has 0 spiro atoms. The SMILES string of the molecule is C=C/N=C(\SC)c1ccc(C)cc1. The van der Waals surface area contributed by atoms with Crippen molar-refractivity contribution in [2.24, 2.45) is 4.99 Å². The van der Waals surface area contributed by atoms with Crippen molar-refractivity contribution in [2.45, 2.75) is 6.92 Å². The van der Waals surface area contributed by atoms with Gasteiger partial charge in [0.1, 0.15) is 5.04 Å². The number of benzene rings is 1. The van der Waals surface area contributed by atoms with E-state index >= 15 is 0 Å². The van der Waals surface area contributed by atoms with Crippen LogP contribution in [0.2, 0.25) is 0 Å². The van der Waals surface area contributed by atoms with Crippen molar-refractivity contribution in [1.82, 2.24) is 0 Å². The summed E-state index contributed by atoms with van der Waals surface area (Å²) in [7, 11) is 0. The predicted octanol–water partition coefficient (Wildman–Crippen LogP) is 3.25. The summed E-state index contributed by atoms with van der Waals surface area (Å²) in [5.41, 5.74) is 2.42. The van der Waals surface area contributed by atoms with Crippen molar-refractivity contribution in [1.29, 1.82) is 0 Å². The highest BCUT2D eigenvalue weighted by Gasteiger charge is 1.99. The average Bonchev–Trinajstić information content (AvgIpc) is 2.16. The summed E-state index contributed by atoms with van der Waals surface area (Å²) in [6, 6.07) is 8.33. The van der Waals surface area contributed by atoms with E-state index in [0.29, 0.717) is 0 Å². The summed E-state index contributed by atoms with van der Waals surface area (Å²) >= 11 is 1.63. The third kappa shape index (κ3) is 2.74. The van der Waals surface area contributed by atoms with Gasteiger partial charge in [-0.05, 0) is 13.2 Å². The first-order valence-electron chi connectivity index (χ1n) is 4.07. The minimum absolute atomic E-state index is 1.01. The quantitative estimate of drug-likeness (QED) is 0.516. The zero-order valence-electron chi connectivity index (χ0n) is 7.95. The van der Waals surface area contributed by atoms with Crippen molar-refractivity contribution in [3.05, 3.63) is 48.2 Å². The summed E-state index contributed by atoms with van der Waals surface area (Å²) in [4.78, 5) is 4.19. The molecule has 0 aromatic heterocycles. The van der Waals surface area contributed by atoms with Gasteiger partial charge in [-0.2, -0.15) is 0 Å². The first kappa shape index (κ1) is 10.1. The highest BCUT2D eigenvalue weighted by molar-refractivity contribution is 8.13. The van der Waals surface area contributed by atoms with Crippen LogP contribution in [0.15, 0.2) is 42.0 Å². The first-order chi connectivity index (χ1) is 6.27. The van der Waals surface area contributed by atoms with Gasteiger partial charge in [0.05, 0.1) is 0 Å². The number of thioether (sulfide) groups is 1. The number of nitrogens with zero attached hydrogens (tertiary/aromatic N) is 1. The fourth-order valence-corrected chi connectivity index (χ4v) is 1.58. The molecule has 0 saturated heterocycles. The highest BCUT2D eigenvalue weighted by Crippen LogP contribution is 2.12. The van der Waals surface area contributed by atoms with Crippen LogP contribution in [0.1, 0.15) is 11.1 Å². The molecule has 0 N–H and O–H groups in total. The van der Waals surface area contributed by atoms with E-state index in [1.54, 1.807) is 18.0 Å². The molecule has 1 aromatic carbocycles. The molecular weight excluding hydrogens is 178 g/mol. The standard InChI is InChI=1S/C11H13NS/c1-4-12-11(13-3)10-7-5-9(2)6-8-10/h4-8H,1H2,2-3H3/b12-11-. The molecule has 0 atom stereocenters. The molecule has 1 nitrogen and oxygen atoms in total. The Balaban J connectivity index is 2.99. The van der Waals surface area contributed by atoms with Crippen LogP contribution in [0.3, 0.4) is 0 Å². The van der Waals surface area contributed by atoms with Crippen LogP contribution in [-0.4, -0.2) is 11.3 Å². The smallest absolute Gasteiger partial charge is 0.103 e. The van der Waals surface area contributed by atoms with Crippen molar-refractivity contribution in [2.75, 3.05) is 6.26 Å². The summed E-state index contributed by atoms with van der Waals surface area (Å²) in [6.07, 6.45) is 3.59. The van der Waals surface area contributed by atoms with Crippen LogP contribution in [0.4, 0.5) is 0 Å². The molecule has 1 rings (SSSR count). The van der Waals surface area contributed by atoms with Crippen LogP contribution in [-0.2, 0) is 0 Å². The predicted molar refractivity (Wildman–Crippen MR) is 61.4 cm³/mol. The van der Waals surface area contributed by atoms with Gasteiger partial charge in [-0.15, -0.1) is 11.8 Å². The molecule has 0 aliphatic heterocycles. The normalized spacial score (nSPS) is 11.4. The Bertz CT molecular complexity index is 311. The molecule has 0 fully saturated rings. The molecule has 0 bridgehead atoms. The van der Waals surface area contributed by atoms with Crippen LogP contribution in [0.5, 0.6) is 0 Å². The fourth-order valence-electron chi connectivity index (χ4n) is 1.02. The summed E-state index contributed by atoms with van der Waals surface area (Å²) in [6.45, 7) is 5.67. The number of aryl methyl sites for hydroxylation is 1. The minimum atomic E-state index is 1.01. The maximum atomic E-state index is 4.19. The lowest BCUT2D eigenvalue weighted by atomic mass is 10.2. The third-order valence-electron chi connectivity index (χ3n) is 1.70. The average molecular weight is 191 g/mol. The van der Waals surface area contributed by atoms with Gasteiger partial charge >= 0.3 is 0 Å². The van der Waals surface area contributed by atoms with Crippen LogP contribution in [0, 0.1) is 6.92 Å². The monoisotopic (exact) mass is 191 g/mol. The molecule has 2 heteroatoms. The number of hydrogen-bond acceptors (Lipinski definition) is 2. The van der Waals surface area contributed by atoms with Crippen molar-refractivity contribution in [3.8, 4) is 0 Å². The lowest BCUT2D eigenvalue weighted by molar-refractivity contribution is 1.46. The van der Waals surface area contributed by atoms with E-state index in [9.17, 15) is 0 Å². The van der Waals surface area contributed by atoms with Crippen LogP contribution >= 0.6 is 11.8 Å². The lowest BCUT2D eigenvalue weighted by Gasteiger charge is -2.01. The molecule has 0 amide bonds. The maximum Gasteiger partial charge on any atom is 0.103 e. The third-order valence-corrected chi connectivity index (χ3v) is 2.43. The molecule has 0 aliphatic carbocycles. The first-order valence-corrected chi connectivity index (χ1v) is 5.30. The van der Waals surface area contributed by atoms with E-state index < -0.39 is 0 Å². The Morgan fingerprint density at radius 1 is 1.38 bits per heavy atom. The summed E-state index contributed by atoms with van der Waals surface area (Å²) in [5, 5.41) is 1.01. The molecular formula is C11H13NS. The highest BCUT2D eigenvalue weighted by atomic mass is 32.2. The van der Waals surface area contributed by atoms with Crippen LogP contribution in [0.25, 0.3) is 0 Å². The molecule has 0 aliphatic rings. The Labute approximate surface area is 83.6 Å². The zero-order chi connectivity index (χ0) is 9.68. The topological polar surface area (TPSA) is 12.4 Å². The molecule has 68 valence electrons. The second-order valence-electron chi connectivity index (χ2n) is 2.69. The number of hydrogen-bond donors (Lipinski definition) is 0. The van der Waals surface area contributed by atoms with Crippen molar-refractivity contribution in [3.63, 3.8) is 0 Å². The van der Waals surface area contributed by atoms with Gasteiger partial charge in [-0.3, -0.25) is 0 Å². The minimum Gasteiger partial charge on any atom is -0.250 e. The van der Waals surface area contributed by atoms with E-state index in [0.717, 1.165) is 10.6 Å². The van der Waals surface area contributed by atoms with E-state index in [1.165, 1.54) is 5.56 Å². The molecule has 0 radical (unpaired) electrons. The largest absolute Gasteiger partial charge is 0.250 e. The summed E-state index contributed by atoms with van der Waals surface area (Å²) < 4.78 is 0. The van der Waals surface area contributed by atoms with E-state index in [-0.39, 0.29) is 0 Å². The maximum absolute atomic E-state index is 4.19. The molecule has 0 heterocycles. The second kappa shape index (κ2) is 4.87. The van der Waals surface area contributed by atoms with Gasteiger partial charge in [0.15, 0.2) is 0 Å². The van der Waals surface area contributed by atoms with E-state index in [2.05, 4.69) is 42.8 Å². The van der Waals surface area contributed by atoms with E-state index in [1.807, 2.05) is 6.26 Å².